The summed E-state index contributed by atoms with van der Waals surface area (Å²) in [6.45, 7) is 2.15. The number of nitriles is 1. The number of rotatable bonds is 8. The summed E-state index contributed by atoms with van der Waals surface area (Å²) in [4.78, 5) is -0.464. The van der Waals surface area contributed by atoms with E-state index in [1.807, 2.05) is 0 Å². The van der Waals surface area contributed by atoms with E-state index in [2.05, 4.69) is 0 Å². The van der Waals surface area contributed by atoms with Crippen LogP contribution in [0.5, 0.6) is 11.5 Å². The van der Waals surface area contributed by atoms with Gasteiger partial charge in [-0.1, -0.05) is 52.5 Å². The minimum atomic E-state index is -4.03. The lowest BCUT2D eigenvalue weighted by Gasteiger charge is -2.14. The van der Waals surface area contributed by atoms with Crippen molar-refractivity contribution < 1.29 is 17.9 Å². The summed E-state index contributed by atoms with van der Waals surface area (Å²) >= 11 is 24.3. The van der Waals surface area contributed by atoms with Gasteiger partial charge in [0.05, 0.1) is 21.5 Å². The van der Waals surface area contributed by atoms with Crippen molar-refractivity contribution in [2.75, 3.05) is 6.61 Å². The maximum atomic E-state index is 12.9. The van der Waals surface area contributed by atoms with E-state index in [1.165, 1.54) is 30.3 Å². The molecule has 3 aromatic rings. The minimum absolute atomic E-state index is 0.0296. The second-order valence-corrected chi connectivity index (χ2v) is 10.4. The first-order chi connectivity index (χ1) is 16.2. The fourth-order valence-corrected chi connectivity index (χ4v) is 4.86. The highest BCUT2D eigenvalue weighted by molar-refractivity contribution is 7.95. The Hall–Kier alpha value is -2.40. The SMILES string of the molecule is CCOc1cc(C=C(C#N)S(=O)(=O)c2ccc(Cl)cc2)ccc1OCc1c(Cl)ccc(Cl)c1Cl. The van der Waals surface area contributed by atoms with Crippen LogP contribution >= 0.6 is 46.4 Å². The molecule has 0 aromatic heterocycles. The fourth-order valence-electron chi connectivity index (χ4n) is 2.92. The van der Waals surface area contributed by atoms with Crippen LogP contribution in [0.25, 0.3) is 6.08 Å². The van der Waals surface area contributed by atoms with E-state index < -0.39 is 14.7 Å². The lowest BCUT2D eigenvalue weighted by Crippen LogP contribution is -2.04. The van der Waals surface area contributed by atoms with Gasteiger partial charge in [0.15, 0.2) is 11.5 Å². The molecule has 0 aliphatic carbocycles. The molecule has 34 heavy (non-hydrogen) atoms. The molecule has 0 aliphatic rings. The van der Waals surface area contributed by atoms with Gasteiger partial charge in [0.1, 0.15) is 17.6 Å². The van der Waals surface area contributed by atoms with Crippen LogP contribution < -0.4 is 9.47 Å². The van der Waals surface area contributed by atoms with Gasteiger partial charge in [0.2, 0.25) is 9.84 Å². The molecule has 3 aromatic carbocycles. The van der Waals surface area contributed by atoms with Crippen LogP contribution in [-0.2, 0) is 16.4 Å². The molecule has 0 atom stereocenters. The molecule has 0 spiro atoms. The first kappa shape index (κ1) is 26.2. The predicted octanol–water partition coefficient (Wildman–Crippen LogP) is 7.62. The summed E-state index contributed by atoms with van der Waals surface area (Å²) < 4.78 is 37.3. The van der Waals surface area contributed by atoms with E-state index in [0.29, 0.717) is 44.3 Å². The predicted molar refractivity (Wildman–Crippen MR) is 136 cm³/mol. The zero-order chi connectivity index (χ0) is 24.9. The maximum Gasteiger partial charge on any atom is 0.216 e. The van der Waals surface area contributed by atoms with Crippen molar-refractivity contribution in [2.24, 2.45) is 0 Å². The summed E-state index contributed by atoms with van der Waals surface area (Å²) in [5, 5.41) is 11.0. The average Bonchev–Trinajstić information content (AvgIpc) is 2.81. The van der Waals surface area contributed by atoms with Crippen LogP contribution in [-0.4, -0.2) is 15.0 Å². The number of hydrogen-bond acceptors (Lipinski definition) is 5. The molecule has 0 radical (unpaired) electrons. The van der Waals surface area contributed by atoms with E-state index in [-0.39, 0.29) is 16.5 Å². The van der Waals surface area contributed by atoms with Gasteiger partial charge in [-0.3, -0.25) is 0 Å². The van der Waals surface area contributed by atoms with Crippen molar-refractivity contribution in [3.63, 3.8) is 0 Å². The molecule has 0 saturated carbocycles. The molecule has 0 amide bonds. The highest BCUT2D eigenvalue weighted by atomic mass is 35.5. The molecule has 0 aliphatic heterocycles. The summed E-state index contributed by atoms with van der Waals surface area (Å²) in [5.41, 5.74) is 0.951. The number of hydrogen-bond donors (Lipinski definition) is 0. The average molecular weight is 557 g/mol. The van der Waals surface area contributed by atoms with Crippen molar-refractivity contribution >= 4 is 62.3 Å². The minimum Gasteiger partial charge on any atom is -0.490 e. The zero-order valence-electron chi connectivity index (χ0n) is 17.7. The van der Waals surface area contributed by atoms with Gasteiger partial charge in [-0.25, -0.2) is 8.42 Å². The maximum absolute atomic E-state index is 12.9. The molecule has 0 heterocycles. The van der Waals surface area contributed by atoms with Gasteiger partial charge in [0, 0.05) is 15.6 Å². The van der Waals surface area contributed by atoms with E-state index in [1.54, 1.807) is 43.3 Å². The van der Waals surface area contributed by atoms with Crippen molar-refractivity contribution in [1.82, 2.24) is 0 Å². The highest BCUT2D eigenvalue weighted by Gasteiger charge is 2.21. The first-order valence-corrected chi connectivity index (χ1v) is 12.8. The Bertz CT molecular complexity index is 1380. The topological polar surface area (TPSA) is 76.4 Å². The number of ether oxygens (including phenoxy) is 2. The van der Waals surface area contributed by atoms with Crippen LogP contribution in [0.1, 0.15) is 18.1 Å². The van der Waals surface area contributed by atoms with Gasteiger partial charge >= 0.3 is 0 Å². The van der Waals surface area contributed by atoms with Gasteiger partial charge in [-0.15, -0.1) is 0 Å². The van der Waals surface area contributed by atoms with Crippen LogP contribution in [0, 0.1) is 11.3 Å². The highest BCUT2D eigenvalue weighted by Crippen LogP contribution is 2.35. The molecule has 176 valence electrons. The summed E-state index contributed by atoms with van der Waals surface area (Å²) in [6, 6.07) is 15.3. The lowest BCUT2D eigenvalue weighted by molar-refractivity contribution is 0.269. The van der Waals surface area contributed by atoms with Crippen LogP contribution in [0.15, 0.2) is 64.4 Å². The fraction of sp³-hybridized carbons (Fsp3) is 0.125. The molecule has 0 bridgehead atoms. The summed E-state index contributed by atoms with van der Waals surface area (Å²) in [6.07, 6.45) is 1.26. The van der Waals surface area contributed by atoms with E-state index in [0.717, 1.165) is 0 Å². The van der Waals surface area contributed by atoms with E-state index in [4.69, 9.17) is 55.9 Å². The molecular formula is C24H17Cl4NO4S. The number of nitrogens with zero attached hydrogens (tertiary/aromatic N) is 1. The number of sulfone groups is 1. The van der Waals surface area contributed by atoms with Crippen LogP contribution in [0.3, 0.4) is 0 Å². The normalized spacial score (nSPS) is 11.7. The second kappa shape index (κ2) is 11.4. The standard InChI is InChI=1S/C24H17Cl4NO4S/c1-2-32-23-12-15(11-18(13-29)34(30,31)17-6-4-16(25)5-7-17)3-10-22(23)33-14-19-20(26)8-9-21(27)24(19)28/h3-12H,2,14H2,1H3. The Morgan fingerprint density at radius 1 is 0.941 bits per heavy atom. The van der Waals surface area contributed by atoms with Crippen LogP contribution in [0.4, 0.5) is 0 Å². The van der Waals surface area contributed by atoms with Gasteiger partial charge in [-0.2, -0.15) is 5.26 Å². The van der Waals surface area contributed by atoms with Crippen molar-refractivity contribution in [1.29, 1.82) is 5.26 Å². The Morgan fingerprint density at radius 2 is 1.62 bits per heavy atom. The Balaban J connectivity index is 1.93. The quantitative estimate of drug-likeness (QED) is 0.211. The van der Waals surface area contributed by atoms with Crippen molar-refractivity contribution in [3.05, 3.63) is 90.7 Å². The van der Waals surface area contributed by atoms with E-state index >= 15 is 0 Å². The zero-order valence-corrected chi connectivity index (χ0v) is 21.5. The summed E-state index contributed by atoms with van der Waals surface area (Å²) in [7, 11) is -4.03. The van der Waals surface area contributed by atoms with Crippen LogP contribution in [0.2, 0.25) is 20.1 Å². The smallest absolute Gasteiger partial charge is 0.216 e. The van der Waals surface area contributed by atoms with Crippen molar-refractivity contribution in [2.45, 2.75) is 18.4 Å². The molecule has 0 N–H and O–H groups in total. The third-order valence-corrected chi connectivity index (χ3v) is 7.73. The Labute approximate surface area is 218 Å². The van der Waals surface area contributed by atoms with Crippen molar-refractivity contribution in [3.8, 4) is 17.6 Å². The molecule has 5 nitrogen and oxygen atoms in total. The van der Waals surface area contributed by atoms with Gasteiger partial charge in [-0.05, 0) is 67.1 Å². The van der Waals surface area contributed by atoms with Gasteiger partial charge in [0.25, 0.3) is 0 Å². The largest absolute Gasteiger partial charge is 0.490 e. The summed E-state index contributed by atoms with van der Waals surface area (Å²) in [5.74, 6) is 0.733. The first-order valence-electron chi connectivity index (χ1n) is 9.81. The number of allylic oxidation sites excluding steroid dienone is 1. The molecule has 0 fully saturated rings. The monoisotopic (exact) mass is 555 g/mol. The third kappa shape index (κ3) is 5.99. The Morgan fingerprint density at radius 3 is 2.26 bits per heavy atom. The van der Waals surface area contributed by atoms with Gasteiger partial charge < -0.3 is 9.47 Å². The lowest BCUT2D eigenvalue weighted by atomic mass is 10.2. The number of benzene rings is 3. The number of halogens is 4. The molecule has 0 unspecified atom stereocenters. The third-order valence-electron chi connectivity index (χ3n) is 4.60. The Kier molecular flexibility index (Phi) is 8.75. The molecule has 10 heteroatoms. The molecular weight excluding hydrogens is 540 g/mol. The van der Waals surface area contributed by atoms with E-state index in [9.17, 15) is 13.7 Å². The molecule has 0 saturated heterocycles. The molecule has 3 rings (SSSR count). The second-order valence-electron chi connectivity index (χ2n) is 6.83.